The van der Waals surface area contributed by atoms with Crippen molar-refractivity contribution in [3.05, 3.63) is 58.9 Å². The van der Waals surface area contributed by atoms with Gasteiger partial charge in [-0.25, -0.2) is 4.39 Å². The normalized spacial score (nSPS) is 27.1. The molecule has 3 aliphatic heterocycles. The number of rotatable bonds is 2. The molecular formula is C17H14ClFO3. The van der Waals surface area contributed by atoms with Gasteiger partial charge in [-0.2, -0.15) is 0 Å². The van der Waals surface area contributed by atoms with Crippen molar-refractivity contribution in [1.82, 2.24) is 0 Å². The van der Waals surface area contributed by atoms with E-state index in [0.717, 1.165) is 5.56 Å². The van der Waals surface area contributed by atoms with Crippen molar-refractivity contribution in [2.75, 3.05) is 19.8 Å². The first-order valence-corrected chi connectivity index (χ1v) is 7.46. The Hall–Kier alpha value is -1.46. The Morgan fingerprint density at radius 3 is 2.23 bits per heavy atom. The fourth-order valence-corrected chi connectivity index (χ4v) is 3.11. The summed E-state index contributed by atoms with van der Waals surface area (Å²) in [6.07, 6.45) is 0. The van der Waals surface area contributed by atoms with E-state index in [4.69, 9.17) is 25.8 Å². The molecule has 0 aliphatic carbocycles. The highest BCUT2D eigenvalue weighted by Crippen LogP contribution is 2.39. The average Bonchev–Trinajstić information content (AvgIpc) is 2.58. The molecule has 2 bridgehead atoms. The lowest BCUT2D eigenvalue weighted by atomic mass is 9.80. The van der Waals surface area contributed by atoms with Crippen LogP contribution in [0, 0.1) is 5.82 Å². The van der Waals surface area contributed by atoms with E-state index < -0.39 is 11.9 Å². The molecule has 0 atom stereocenters. The topological polar surface area (TPSA) is 27.7 Å². The Balaban J connectivity index is 1.78. The van der Waals surface area contributed by atoms with E-state index in [-0.39, 0.29) is 5.82 Å². The Morgan fingerprint density at radius 1 is 0.955 bits per heavy atom. The maximum Gasteiger partial charge on any atom is 0.271 e. The van der Waals surface area contributed by atoms with Gasteiger partial charge >= 0.3 is 0 Å². The van der Waals surface area contributed by atoms with Crippen LogP contribution in [0.15, 0.2) is 42.5 Å². The summed E-state index contributed by atoms with van der Waals surface area (Å²) in [6.45, 7) is 0.597. The molecule has 3 heterocycles. The minimum absolute atomic E-state index is 0.263. The van der Waals surface area contributed by atoms with Crippen LogP contribution in [0.5, 0.6) is 0 Å². The van der Waals surface area contributed by atoms with Gasteiger partial charge in [-0.05, 0) is 17.7 Å². The highest BCUT2D eigenvalue weighted by atomic mass is 35.5. The summed E-state index contributed by atoms with van der Waals surface area (Å²) < 4.78 is 31.4. The fraction of sp³-hybridized carbons (Fsp3) is 0.294. The predicted octanol–water partition coefficient (Wildman–Crippen LogP) is 3.74. The molecule has 0 N–H and O–H groups in total. The maximum absolute atomic E-state index is 15.1. The molecular weight excluding hydrogens is 307 g/mol. The van der Waals surface area contributed by atoms with Crippen LogP contribution in [0.1, 0.15) is 5.56 Å². The number of hydrogen-bond acceptors (Lipinski definition) is 3. The molecule has 0 aromatic heterocycles. The summed E-state index contributed by atoms with van der Waals surface area (Å²) in [4.78, 5) is 0. The first kappa shape index (κ1) is 14.2. The summed E-state index contributed by atoms with van der Waals surface area (Å²) in [5, 5.41) is 0.625. The van der Waals surface area contributed by atoms with Gasteiger partial charge in [-0.15, -0.1) is 0 Å². The highest BCUT2D eigenvalue weighted by molar-refractivity contribution is 6.30. The predicted molar refractivity (Wildman–Crippen MR) is 80.2 cm³/mol. The van der Waals surface area contributed by atoms with Gasteiger partial charge < -0.3 is 14.2 Å². The molecule has 0 saturated carbocycles. The highest BCUT2D eigenvalue weighted by Gasteiger charge is 2.46. The van der Waals surface area contributed by atoms with Gasteiger partial charge in [-0.3, -0.25) is 0 Å². The molecule has 0 radical (unpaired) electrons. The van der Waals surface area contributed by atoms with Crippen LogP contribution in [0.2, 0.25) is 5.02 Å². The molecule has 114 valence electrons. The second-order valence-corrected chi connectivity index (χ2v) is 6.11. The average molecular weight is 321 g/mol. The first-order chi connectivity index (χ1) is 10.7. The second kappa shape index (κ2) is 5.32. The van der Waals surface area contributed by atoms with E-state index >= 15 is 4.39 Å². The zero-order chi connectivity index (χ0) is 15.2. The Morgan fingerprint density at radius 2 is 1.59 bits per heavy atom. The summed E-state index contributed by atoms with van der Waals surface area (Å²) in [6, 6.07) is 12.5. The first-order valence-electron chi connectivity index (χ1n) is 7.08. The van der Waals surface area contributed by atoms with Gasteiger partial charge in [0.15, 0.2) is 0 Å². The van der Waals surface area contributed by atoms with E-state index in [1.165, 1.54) is 0 Å². The molecule has 22 heavy (non-hydrogen) atoms. The fourth-order valence-electron chi connectivity index (χ4n) is 2.98. The largest absolute Gasteiger partial charge is 0.329 e. The minimum atomic E-state index is -0.607. The third kappa shape index (κ3) is 2.23. The molecule has 5 heteroatoms. The maximum atomic E-state index is 15.1. The molecule has 3 saturated heterocycles. The van der Waals surface area contributed by atoms with E-state index in [1.54, 1.807) is 24.3 Å². The minimum Gasteiger partial charge on any atom is -0.329 e. The SMILES string of the molecule is Fc1c(-c2ccc(Cl)cc2)cccc1C12COC(OC1)OC2. The number of ether oxygens (including phenoxy) is 3. The molecule has 0 spiro atoms. The van der Waals surface area contributed by atoms with Crippen LogP contribution in [0.3, 0.4) is 0 Å². The standard InChI is InChI=1S/C17H14ClFO3/c18-12-6-4-11(5-7-12)13-2-1-3-14(15(13)19)17-8-20-16(21-9-17)22-10-17/h1-7,16H,8-10H2. The van der Waals surface area contributed by atoms with Crippen LogP contribution in [0.4, 0.5) is 4.39 Å². The van der Waals surface area contributed by atoms with Crippen LogP contribution >= 0.6 is 11.6 Å². The van der Waals surface area contributed by atoms with Crippen molar-refractivity contribution >= 4 is 11.6 Å². The lowest BCUT2D eigenvalue weighted by molar-refractivity contribution is -0.377. The zero-order valence-corrected chi connectivity index (χ0v) is 12.5. The van der Waals surface area contributed by atoms with Crippen molar-refractivity contribution in [2.45, 2.75) is 11.9 Å². The third-order valence-electron chi connectivity index (χ3n) is 4.21. The van der Waals surface area contributed by atoms with Gasteiger partial charge in [0, 0.05) is 16.1 Å². The Kier molecular flexibility index (Phi) is 3.42. The van der Waals surface area contributed by atoms with E-state index in [2.05, 4.69) is 0 Å². The second-order valence-electron chi connectivity index (χ2n) is 5.68. The number of fused-ring (bicyclic) bond motifs is 3. The quantitative estimate of drug-likeness (QED) is 0.843. The molecule has 5 rings (SSSR count). The van der Waals surface area contributed by atoms with Gasteiger partial charge in [0.1, 0.15) is 5.82 Å². The lowest BCUT2D eigenvalue weighted by Gasteiger charge is -2.45. The summed E-state index contributed by atoms with van der Waals surface area (Å²) in [5.74, 6) is -0.263. The molecule has 2 aromatic carbocycles. The molecule has 0 unspecified atom stereocenters. The molecule has 3 aliphatic rings. The van der Waals surface area contributed by atoms with Crippen LogP contribution in [0.25, 0.3) is 11.1 Å². The van der Waals surface area contributed by atoms with Crippen molar-refractivity contribution in [2.24, 2.45) is 0 Å². The summed E-state index contributed by atoms with van der Waals surface area (Å²) in [5.41, 5.74) is 1.31. The van der Waals surface area contributed by atoms with Gasteiger partial charge in [0.05, 0.1) is 25.2 Å². The molecule has 3 fully saturated rings. The van der Waals surface area contributed by atoms with Crippen LogP contribution < -0.4 is 0 Å². The van der Waals surface area contributed by atoms with Crippen molar-refractivity contribution in [1.29, 1.82) is 0 Å². The zero-order valence-electron chi connectivity index (χ0n) is 11.7. The van der Waals surface area contributed by atoms with Gasteiger partial charge in [0.2, 0.25) is 0 Å². The molecule has 2 aromatic rings. The number of hydrogen-bond donors (Lipinski definition) is 0. The van der Waals surface area contributed by atoms with Crippen molar-refractivity contribution < 1.29 is 18.6 Å². The molecule has 0 amide bonds. The monoisotopic (exact) mass is 320 g/mol. The third-order valence-corrected chi connectivity index (χ3v) is 4.46. The van der Waals surface area contributed by atoms with Gasteiger partial charge in [0.25, 0.3) is 6.48 Å². The summed E-state index contributed by atoms with van der Waals surface area (Å²) in [7, 11) is 0. The van der Waals surface area contributed by atoms with E-state index in [0.29, 0.717) is 36.0 Å². The van der Waals surface area contributed by atoms with E-state index in [9.17, 15) is 0 Å². The van der Waals surface area contributed by atoms with E-state index in [1.807, 2.05) is 18.2 Å². The Labute approximate surface area is 132 Å². The number of benzene rings is 2. The molecule has 3 nitrogen and oxygen atoms in total. The van der Waals surface area contributed by atoms with Crippen LogP contribution in [-0.4, -0.2) is 26.3 Å². The van der Waals surface area contributed by atoms with Crippen LogP contribution in [-0.2, 0) is 19.6 Å². The van der Waals surface area contributed by atoms with Crippen molar-refractivity contribution in [3.8, 4) is 11.1 Å². The number of halogens is 2. The smallest absolute Gasteiger partial charge is 0.271 e. The van der Waals surface area contributed by atoms with Gasteiger partial charge in [-0.1, -0.05) is 41.9 Å². The van der Waals surface area contributed by atoms with Crippen molar-refractivity contribution in [3.63, 3.8) is 0 Å². The Bertz CT molecular complexity index is 680. The lowest BCUT2D eigenvalue weighted by Crippen LogP contribution is -2.55. The summed E-state index contributed by atoms with van der Waals surface area (Å²) >= 11 is 5.90.